The second-order valence-electron chi connectivity index (χ2n) is 8.13. The molecule has 3 heterocycles. The second-order valence-corrected chi connectivity index (χ2v) is 8.13. The number of pyridine rings is 1. The molecule has 2 aromatic heterocycles. The van der Waals surface area contributed by atoms with Crippen LogP contribution in [0.15, 0.2) is 48.8 Å². The number of rotatable bonds is 5. The van der Waals surface area contributed by atoms with Crippen LogP contribution < -0.4 is 10.2 Å². The summed E-state index contributed by atoms with van der Waals surface area (Å²) in [6.07, 6.45) is 5.91. The molecule has 0 atom stereocenters. The van der Waals surface area contributed by atoms with Gasteiger partial charge in [0.05, 0.1) is 19.4 Å². The van der Waals surface area contributed by atoms with Crippen molar-refractivity contribution in [2.45, 2.75) is 25.7 Å². The van der Waals surface area contributed by atoms with Crippen molar-refractivity contribution in [3.8, 4) is 11.1 Å². The highest BCUT2D eigenvalue weighted by Crippen LogP contribution is 2.39. The summed E-state index contributed by atoms with van der Waals surface area (Å²) in [6.45, 7) is 5.19. The van der Waals surface area contributed by atoms with Gasteiger partial charge >= 0.3 is 0 Å². The van der Waals surface area contributed by atoms with Gasteiger partial charge in [0.25, 0.3) is 5.91 Å². The van der Waals surface area contributed by atoms with E-state index in [4.69, 9.17) is 4.74 Å². The van der Waals surface area contributed by atoms with E-state index in [9.17, 15) is 4.79 Å². The molecule has 2 fully saturated rings. The molecule has 1 aliphatic carbocycles. The van der Waals surface area contributed by atoms with Crippen LogP contribution >= 0.6 is 0 Å². The van der Waals surface area contributed by atoms with Crippen LogP contribution in [0.2, 0.25) is 0 Å². The van der Waals surface area contributed by atoms with Gasteiger partial charge in [-0.2, -0.15) is 5.10 Å². The lowest BCUT2D eigenvalue weighted by atomic mass is 10.0. The lowest BCUT2D eigenvalue weighted by Crippen LogP contribution is -2.36. The summed E-state index contributed by atoms with van der Waals surface area (Å²) in [6, 6.07) is 11.9. The molecule has 0 spiro atoms. The van der Waals surface area contributed by atoms with Gasteiger partial charge in [-0.05, 0) is 78.3 Å². The van der Waals surface area contributed by atoms with Gasteiger partial charge in [-0.3, -0.25) is 4.79 Å². The van der Waals surface area contributed by atoms with Crippen LogP contribution in [0, 0.1) is 6.92 Å². The summed E-state index contributed by atoms with van der Waals surface area (Å²) >= 11 is 0. The summed E-state index contributed by atoms with van der Waals surface area (Å²) in [5.74, 6) is 1.23. The molecule has 1 N–H and O–H groups in total. The first-order chi connectivity index (χ1) is 15.2. The van der Waals surface area contributed by atoms with E-state index in [0.717, 1.165) is 72.9 Å². The molecule has 5 rings (SSSR count). The van der Waals surface area contributed by atoms with Crippen LogP contribution in [0.4, 0.5) is 11.5 Å². The molecule has 0 bridgehead atoms. The average Bonchev–Trinajstić information content (AvgIpc) is 3.67. The van der Waals surface area contributed by atoms with Crippen molar-refractivity contribution >= 4 is 17.4 Å². The van der Waals surface area contributed by atoms with Crippen molar-refractivity contribution in [1.82, 2.24) is 15.2 Å². The van der Waals surface area contributed by atoms with Crippen molar-refractivity contribution in [1.29, 1.82) is 0 Å². The Labute approximate surface area is 181 Å². The number of morpholine rings is 1. The number of nitrogens with zero attached hydrogens (tertiary/aromatic N) is 4. The van der Waals surface area contributed by atoms with E-state index < -0.39 is 0 Å². The van der Waals surface area contributed by atoms with Gasteiger partial charge < -0.3 is 15.0 Å². The zero-order chi connectivity index (χ0) is 21.2. The Bertz CT molecular complexity index is 1110. The van der Waals surface area contributed by atoms with E-state index >= 15 is 0 Å². The van der Waals surface area contributed by atoms with Gasteiger partial charge in [0.15, 0.2) is 5.69 Å². The number of hydrogen-bond acceptors (Lipinski definition) is 6. The number of aryl methyl sites for hydroxylation is 1. The molecule has 31 heavy (non-hydrogen) atoms. The number of nitrogens with one attached hydrogen (secondary N) is 1. The Morgan fingerprint density at radius 3 is 2.77 bits per heavy atom. The average molecular weight is 415 g/mol. The molecule has 0 unspecified atom stereocenters. The first-order valence-corrected chi connectivity index (χ1v) is 10.7. The molecule has 158 valence electrons. The summed E-state index contributed by atoms with van der Waals surface area (Å²) < 4.78 is 5.45. The maximum absolute atomic E-state index is 12.8. The monoisotopic (exact) mass is 415 g/mol. The maximum Gasteiger partial charge on any atom is 0.276 e. The van der Waals surface area contributed by atoms with Gasteiger partial charge in [0.2, 0.25) is 0 Å². The third-order valence-electron chi connectivity index (χ3n) is 5.84. The van der Waals surface area contributed by atoms with E-state index in [1.807, 2.05) is 36.5 Å². The number of carbonyl (C=O) groups excluding carboxylic acids is 1. The van der Waals surface area contributed by atoms with Gasteiger partial charge in [0.1, 0.15) is 5.82 Å². The summed E-state index contributed by atoms with van der Waals surface area (Å²) in [5.41, 5.74) is 5.44. The number of benzene rings is 1. The molecule has 7 nitrogen and oxygen atoms in total. The van der Waals surface area contributed by atoms with Gasteiger partial charge in [0, 0.05) is 25.0 Å². The van der Waals surface area contributed by atoms with Crippen LogP contribution in [-0.4, -0.2) is 47.4 Å². The van der Waals surface area contributed by atoms with Gasteiger partial charge in [-0.25, -0.2) is 4.98 Å². The zero-order valence-electron chi connectivity index (χ0n) is 17.5. The topological polar surface area (TPSA) is 80.2 Å². The van der Waals surface area contributed by atoms with Crippen molar-refractivity contribution in [3.05, 3.63) is 65.6 Å². The Balaban J connectivity index is 1.38. The smallest absolute Gasteiger partial charge is 0.276 e. The summed E-state index contributed by atoms with van der Waals surface area (Å²) in [7, 11) is 0. The van der Waals surface area contributed by atoms with Crippen LogP contribution in [0.3, 0.4) is 0 Å². The molecule has 0 radical (unpaired) electrons. The third-order valence-corrected chi connectivity index (χ3v) is 5.84. The van der Waals surface area contributed by atoms with Gasteiger partial charge in [-0.1, -0.05) is 6.07 Å². The molecule has 1 aromatic carbocycles. The normalized spacial score (nSPS) is 16.2. The first kappa shape index (κ1) is 19.6. The second kappa shape index (κ2) is 8.43. The SMILES string of the molecule is Cc1ccc(NC(=O)c2cc(C3CC3)cnn2)cc1-c1ccnc(N2CCOCC2)c1. The van der Waals surface area contributed by atoms with E-state index in [-0.39, 0.29) is 5.91 Å². The maximum atomic E-state index is 12.8. The highest BCUT2D eigenvalue weighted by atomic mass is 16.5. The Kier molecular flexibility index (Phi) is 5.34. The fourth-order valence-electron chi connectivity index (χ4n) is 3.89. The highest BCUT2D eigenvalue weighted by molar-refractivity contribution is 6.03. The molecule has 1 amide bonds. The van der Waals surface area contributed by atoms with E-state index in [1.54, 1.807) is 6.20 Å². The lowest BCUT2D eigenvalue weighted by Gasteiger charge is -2.28. The molecular formula is C24H25N5O2. The summed E-state index contributed by atoms with van der Waals surface area (Å²) in [4.78, 5) is 19.5. The molecule has 3 aromatic rings. The van der Waals surface area contributed by atoms with E-state index in [1.165, 1.54) is 0 Å². The molecule has 1 saturated carbocycles. The van der Waals surface area contributed by atoms with Crippen molar-refractivity contribution in [3.63, 3.8) is 0 Å². The lowest BCUT2D eigenvalue weighted by molar-refractivity contribution is 0.102. The highest BCUT2D eigenvalue weighted by Gasteiger charge is 2.25. The Morgan fingerprint density at radius 2 is 1.97 bits per heavy atom. The Morgan fingerprint density at radius 1 is 1.13 bits per heavy atom. The van der Waals surface area contributed by atoms with Gasteiger partial charge in [-0.15, -0.1) is 5.10 Å². The largest absolute Gasteiger partial charge is 0.378 e. The van der Waals surface area contributed by atoms with Crippen molar-refractivity contribution in [2.24, 2.45) is 0 Å². The van der Waals surface area contributed by atoms with Crippen molar-refractivity contribution < 1.29 is 9.53 Å². The number of hydrogen-bond donors (Lipinski definition) is 1. The fraction of sp³-hybridized carbons (Fsp3) is 0.333. The molecule has 2 aliphatic rings. The standard InChI is InChI=1S/C24H25N5O2/c1-16-2-5-20(27-24(30)22-12-19(15-26-28-22)17-3-4-17)14-21(16)18-6-7-25-23(13-18)29-8-10-31-11-9-29/h2,5-7,12-15,17H,3-4,8-11H2,1H3,(H,27,30). The minimum atomic E-state index is -0.242. The first-order valence-electron chi connectivity index (χ1n) is 10.7. The fourth-order valence-corrected chi connectivity index (χ4v) is 3.89. The van der Waals surface area contributed by atoms with E-state index in [2.05, 4.69) is 38.4 Å². The molecule has 7 heteroatoms. The molecular weight excluding hydrogens is 390 g/mol. The quantitative estimate of drug-likeness (QED) is 0.683. The Hall–Kier alpha value is -3.32. The minimum Gasteiger partial charge on any atom is -0.378 e. The van der Waals surface area contributed by atoms with Crippen LogP contribution in [0.5, 0.6) is 0 Å². The van der Waals surface area contributed by atoms with Crippen LogP contribution in [0.1, 0.15) is 40.4 Å². The summed E-state index contributed by atoms with van der Waals surface area (Å²) in [5, 5.41) is 11.0. The van der Waals surface area contributed by atoms with Crippen molar-refractivity contribution in [2.75, 3.05) is 36.5 Å². The zero-order valence-corrected chi connectivity index (χ0v) is 17.5. The van der Waals surface area contributed by atoms with E-state index in [0.29, 0.717) is 11.6 Å². The number of anilines is 2. The molecule has 1 saturated heterocycles. The minimum absolute atomic E-state index is 0.242. The number of amides is 1. The number of carbonyl (C=O) groups is 1. The van der Waals surface area contributed by atoms with Crippen LogP contribution in [0.25, 0.3) is 11.1 Å². The van der Waals surface area contributed by atoms with Crippen LogP contribution in [-0.2, 0) is 4.74 Å². The predicted octanol–water partition coefficient (Wildman–Crippen LogP) is 3.81. The number of ether oxygens (including phenoxy) is 1. The predicted molar refractivity (Wildman–Crippen MR) is 119 cm³/mol. The molecule has 1 aliphatic heterocycles. The third kappa shape index (κ3) is 4.41. The number of aromatic nitrogens is 3.